The molecule has 1 fully saturated rings. The Morgan fingerprint density at radius 2 is 1.88 bits per heavy atom. The highest BCUT2D eigenvalue weighted by Crippen LogP contribution is 2.28. The molecule has 3 rings (SSSR count). The molecule has 0 saturated carbocycles. The second kappa shape index (κ2) is 7.55. The van der Waals surface area contributed by atoms with Crippen molar-refractivity contribution >= 4 is 23.4 Å². The third-order valence-corrected chi connectivity index (χ3v) is 4.47. The molecule has 134 valence electrons. The maximum atomic E-state index is 12.7. The van der Waals surface area contributed by atoms with E-state index in [0.29, 0.717) is 62.6 Å². The van der Waals surface area contributed by atoms with Crippen LogP contribution in [-0.4, -0.2) is 60.3 Å². The first kappa shape index (κ1) is 17.3. The molecule has 25 heavy (non-hydrogen) atoms. The molecule has 0 aliphatic carbocycles. The van der Waals surface area contributed by atoms with Crippen molar-refractivity contribution in [2.24, 2.45) is 0 Å². The van der Waals surface area contributed by atoms with Gasteiger partial charge in [-0.3, -0.25) is 14.4 Å². The van der Waals surface area contributed by atoms with Gasteiger partial charge in [0.15, 0.2) is 0 Å². The van der Waals surface area contributed by atoms with Crippen LogP contribution in [0, 0.1) is 0 Å². The minimum atomic E-state index is -0.119. The van der Waals surface area contributed by atoms with Gasteiger partial charge in [-0.25, -0.2) is 0 Å². The van der Waals surface area contributed by atoms with Crippen molar-refractivity contribution in [2.45, 2.75) is 26.2 Å². The van der Waals surface area contributed by atoms with E-state index in [4.69, 9.17) is 4.74 Å². The summed E-state index contributed by atoms with van der Waals surface area (Å²) in [5, 5.41) is 2.77. The fourth-order valence-corrected chi connectivity index (χ4v) is 3.07. The smallest absolute Gasteiger partial charge is 0.254 e. The molecule has 1 saturated heterocycles. The summed E-state index contributed by atoms with van der Waals surface area (Å²) in [7, 11) is 0. The van der Waals surface area contributed by atoms with E-state index < -0.39 is 0 Å². The van der Waals surface area contributed by atoms with Gasteiger partial charge >= 0.3 is 0 Å². The highest BCUT2D eigenvalue weighted by Gasteiger charge is 2.25. The number of carbonyl (C=O) groups is 3. The van der Waals surface area contributed by atoms with Crippen LogP contribution in [0.15, 0.2) is 18.2 Å². The average Bonchev–Trinajstić information content (AvgIpc) is 2.81. The van der Waals surface area contributed by atoms with Gasteiger partial charge in [0.05, 0.1) is 18.7 Å². The van der Waals surface area contributed by atoms with Crippen LogP contribution in [0.2, 0.25) is 0 Å². The average molecular weight is 345 g/mol. The van der Waals surface area contributed by atoms with Crippen LogP contribution in [0.5, 0.6) is 5.75 Å². The summed E-state index contributed by atoms with van der Waals surface area (Å²) in [6.07, 6.45) is 1.69. The van der Waals surface area contributed by atoms with E-state index >= 15 is 0 Å². The Morgan fingerprint density at radius 3 is 2.60 bits per heavy atom. The van der Waals surface area contributed by atoms with Gasteiger partial charge < -0.3 is 19.9 Å². The van der Waals surface area contributed by atoms with Crippen LogP contribution in [0.1, 0.15) is 36.5 Å². The SMILES string of the molecule is CCCC(=O)N1CCN(C(=O)c2ccc3c(c2)NC(=O)CCO3)CC1. The highest BCUT2D eigenvalue weighted by atomic mass is 16.5. The van der Waals surface area contributed by atoms with Crippen LogP contribution in [-0.2, 0) is 9.59 Å². The van der Waals surface area contributed by atoms with Crippen LogP contribution in [0.3, 0.4) is 0 Å². The molecule has 1 aromatic rings. The number of amides is 3. The van der Waals surface area contributed by atoms with Gasteiger partial charge in [0.1, 0.15) is 5.75 Å². The standard InChI is InChI=1S/C18H23N3O4/c1-2-3-17(23)20-7-9-21(10-8-20)18(24)13-4-5-15-14(12-13)19-16(22)6-11-25-15/h4-5,12H,2-3,6-11H2,1H3,(H,19,22). The molecular weight excluding hydrogens is 322 g/mol. The summed E-state index contributed by atoms with van der Waals surface area (Å²) < 4.78 is 5.51. The third kappa shape index (κ3) is 3.92. The van der Waals surface area contributed by atoms with Crippen LogP contribution in [0.25, 0.3) is 0 Å². The number of nitrogens with one attached hydrogen (secondary N) is 1. The molecular formula is C18H23N3O4. The molecule has 7 heteroatoms. The van der Waals surface area contributed by atoms with E-state index in [-0.39, 0.29) is 17.7 Å². The molecule has 7 nitrogen and oxygen atoms in total. The number of hydrogen-bond donors (Lipinski definition) is 1. The minimum Gasteiger partial charge on any atom is -0.491 e. The molecule has 2 heterocycles. The number of nitrogens with zero attached hydrogens (tertiary/aromatic N) is 2. The molecule has 0 radical (unpaired) electrons. The number of ether oxygens (including phenoxy) is 1. The molecule has 0 spiro atoms. The minimum absolute atomic E-state index is 0.0936. The number of anilines is 1. The lowest BCUT2D eigenvalue weighted by Crippen LogP contribution is -2.50. The number of fused-ring (bicyclic) bond motifs is 1. The summed E-state index contributed by atoms with van der Waals surface area (Å²) in [4.78, 5) is 39.9. The normalized spacial score (nSPS) is 17.2. The van der Waals surface area contributed by atoms with E-state index in [0.717, 1.165) is 6.42 Å². The first-order chi connectivity index (χ1) is 12.1. The quantitative estimate of drug-likeness (QED) is 0.900. The van der Waals surface area contributed by atoms with Crippen molar-refractivity contribution in [2.75, 3.05) is 38.1 Å². The van der Waals surface area contributed by atoms with Crippen molar-refractivity contribution in [1.29, 1.82) is 0 Å². The Morgan fingerprint density at radius 1 is 1.16 bits per heavy atom. The zero-order chi connectivity index (χ0) is 17.8. The van der Waals surface area contributed by atoms with Crippen molar-refractivity contribution in [3.05, 3.63) is 23.8 Å². The van der Waals surface area contributed by atoms with Crippen molar-refractivity contribution in [3.8, 4) is 5.75 Å². The van der Waals surface area contributed by atoms with Gasteiger partial charge in [-0.2, -0.15) is 0 Å². The number of carbonyl (C=O) groups excluding carboxylic acids is 3. The van der Waals surface area contributed by atoms with Crippen LogP contribution < -0.4 is 10.1 Å². The Hall–Kier alpha value is -2.57. The number of piperazine rings is 1. The van der Waals surface area contributed by atoms with Crippen LogP contribution in [0.4, 0.5) is 5.69 Å². The van der Waals surface area contributed by atoms with E-state index in [1.807, 2.05) is 11.8 Å². The first-order valence-electron chi connectivity index (χ1n) is 8.72. The van der Waals surface area contributed by atoms with Crippen LogP contribution >= 0.6 is 0 Å². The van der Waals surface area contributed by atoms with Gasteiger partial charge in [0.2, 0.25) is 11.8 Å². The number of benzene rings is 1. The fourth-order valence-electron chi connectivity index (χ4n) is 3.07. The molecule has 1 aromatic carbocycles. The molecule has 0 bridgehead atoms. The van der Waals surface area contributed by atoms with Crippen molar-refractivity contribution in [3.63, 3.8) is 0 Å². The van der Waals surface area contributed by atoms with Gasteiger partial charge in [0, 0.05) is 38.2 Å². The Bertz CT molecular complexity index is 681. The maximum absolute atomic E-state index is 12.7. The zero-order valence-corrected chi connectivity index (χ0v) is 14.4. The maximum Gasteiger partial charge on any atom is 0.254 e. The molecule has 0 atom stereocenters. The fraction of sp³-hybridized carbons (Fsp3) is 0.500. The van der Waals surface area contributed by atoms with Crippen molar-refractivity contribution in [1.82, 2.24) is 9.80 Å². The Kier molecular flexibility index (Phi) is 5.21. The lowest BCUT2D eigenvalue weighted by atomic mass is 10.1. The molecule has 1 N–H and O–H groups in total. The monoisotopic (exact) mass is 345 g/mol. The number of hydrogen-bond acceptors (Lipinski definition) is 4. The Balaban J connectivity index is 1.66. The Labute approximate surface area is 146 Å². The largest absolute Gasteiger partial charge is 0.491 e. The van der Waals surface area contributed by atoms with Gasteiger partial charge in [-0.15, -0.1) is 0 Å². The molecule has 0 unspecified atom stereocenters. The highest BCUT2D eigenvalue weighted by molar-refractivity contribution is 5.98. The molecule has 2 aliphatic rings. The summed E-state index contributed by atoms with van der Waals surface area (Å²) >= 11 is 0. The zero-order valence-electron chi connectivity index (χ0n) is 14.4. The summed E-state index contributed by atoms with van der Waals surface area (Å²) in [6.45, 7) is 4.49. The van der Waals surface area contributed by atoms with E-state index in [1.54, 1.807) is 23.1 Å². The van der Waals surface area contributed by atoms with E-state index in [1.165, 1.54) is 0 Å². The third-order valence-electron chi connectivity index (χ3n) is 4.47. The molecule has 3 amide bonds. The van der Waals surface area contributed by atoms with E-state index in [2.05, 4.69) is 5.32 Å². The summed E-state index contributed by atoms with van der Waals surface area (Å²) in [5.41, 5.74) is 1.04. The van der Waals surface area contributed by atoms with E-state index in [9.17, 15) is 14.4 Å². The lowest BCUT2D eigenvalue weighted by Gasteiger charge is -2.35. The molecule has 0 aromatic heterocycles. The number of rotatable bonds is 3. The van der Waals surface area contributed by atoms with Gasteiger partial charge in [-0.05, 0) is 24.6 Å². The summed E-state index contributed by atoms with van der Waals surface area (Å²) in [6, 6.07) is 5.10. The van der Waals surface area contributed by atoms with Gasteiger partial charge in [-0.1, -0.05) is 6.92 Å². The van der Waals surface area contributed by atoms with Crippen molar-refractivity contribution < 1.29 is 19.1 Å². The second-order valence-corrected chi connectivity index (χ2v) is 6.28. The molecule has 2 aliphatic heterocycles. The first-order valence-corrected chi connectivity index (χ1v) is 8.72. The lowest BCUT2D eigenvalue weighted by molar-refractivity contribution is -0.132. The summed E-state index contributed by atoms with van der Waals surface area (Å²) in [5.74, 6) is 0.521. The topological polar surface area (TPSA) is 79.0 Å². The van der Waals surface area contributed by atoms with Gasteiger partial charge in [0.25, 0.3) is 5.91 Å². The second-order valence-electron chi connectivity index (χ2n) is 6.28. The predicted molar refractivity (Wildman–Crippen MR) is 92.6 cm³/mol. The predicted octanol–water partition coefficient (Wildman–Crippen LogP) is 1.49.